The van der Waals surface area contributed by atoms with Gasteiger partial charge in [0.25, 0.3) is 0 Å². The molecule has 0 heterocycles. The van der Waals surface area contributed by atoms with E-state index in [0.717, 1.165) is 13.0 Å². The molecule has 1 atom stereocenters. The number of aliphatic hydroxyl groups excluding tert-OH is 1. The van der Waals surface area contributed by atoms with Crippen LogP contribution in [0.5, 0.6) is 0 Å². The molecule has 0 unspecified atom stereocenters. The number of nitrogens with one attached hydrogen (secondary N) is 1. The van der Waals surface area contributed by atoms with Gasteiger partial charge in [-0.15, -0.1) is 0 Å². The van der Waals surface area contributed by atoms with Crippen LogP contribution in [0.1, 0.15) is 45.7 Å². The van der Waals surface area contributed by atoms with Crippen LogP contribution in [-0.4, -0.2) is 34.5 Å². The topological polar surface area (TPSA) is 92.7 Å². The summed E-state index contributed by atoms with van der Waals surface area (Å²) >= 11 is 0. The van der Waals surface area contributed by atoms with E-state index in [-0.39, 0.29) is 16.8 Å². The van der Waals surface area contributed by atoms with E-state index in [1.807, 2.05) is 0 Å². The summed E-state index contributed by atoms with van der Waals surface area (Å²) in [7, 11) is 0. The first-order chi connectivity index (χ1) is 12.1. The molecule has 9 heteroatoms. The standard InChI is InChI=1S/C18H22F3NO5/c1-10(24)17(5,15(26)27-16(2,3)4)12-8-11(9-23)6-7-13(12)22-14(25)18(19,20)21/h6-8,23H,9H2,1-5H3,(H,22,25)/t17-/m0/s1. The first-order valence-corrected chi connectivity index (χ1v) is 8.00. The zero-order chi connectivity index (χ0) is 21.2. The highest BCUT2D eigenvalue weighted by molar-refractivity contribution is 6.10. The zero-order valence-electron chi connectivity index (χ0n) is 15.7. The van der Waals surface area contributed by atoms with Crippen LogP contribution >= 0.6 is 0 Å². The molecule has 0 bridgehead atoms. The zero-order valence-corrected chi connectivity index (χ0v) is 15.7. The number of aliphatic hydroxyl groups is 1. The van der Waals surface area contributed by atoms with E-state index in [1.165, 1.54) is 19.1 Å². The van der Waals surface area contributed by atoms with Gasteiger partial charge in [-0.1, -0.05) is 6.07 Å². The van der Waals surface area contributed by atoms with Gasteiger partial charge >= 0.3 is 18.1 Å². The summed E-state index contributed by atoms with van der Waals surface area (Å²) in [4.78, 5) is 36.4. The molecule has 1 aromatic rings. The number of halogens is 3. The largest absolute Gasteiger partial charge is 0.471 e. The lowest BCUT2D eigenvalue weighted by atomic mass is 9.77. The molecule has 0 saturated carbocycles. The summed E-state index contributed by atoms with van der Waals surface area (Å²) in [5.41, 5.74) is -3.29. The van der Waals surface area contributed by atoms with Crippen molar-refractivity contribution in [3.05, 3.63) is 29.3 Å². The SMILES string of the molecule is CC(=O)[C@](C)(C(=O)OC(C)(C)C)c1cc(CO)ccc1NC(=O)C(F)(F)F. The molecule has 0 aliphatic heterocycles. The Labute approximate surface area is 154 Å². The van der Waals surface area contributed by atoms with Gasteiger partial charge in [-0.05, 0) is 52.3 Å². The van der Waals surface area contributed by atoms with Gasteiger partial charge < -0.3 is 15.2 Å². The summed E-state index contributed by atoms with van der Waals surface area (Å²) in [5.74, 6) is -3.94. The number of anilines is 1. The van der Waals surface area contributed by atoms with Crippen molar-refractivity contribution in [3.8, 4) is 0 Å². The van der Waals surface area contributed by atoms with Crippen LogP contribution < -0.4 is 5.32 Å². The minimum absolute atomic E-state index is 0.201. The minimum atomic E-state index is -5.16. The van der Waals surface area contributed by atoms with E-state index < -0.39 is 41.5 Å². The molecule has 0 radical (unpaired) electrons. The number of rotatable bonds is 5. The summed E-state index contributed by atoms with van der Waals surface area (Å²) in [6, 6.07) is 3.55. The van der Waals surface area contributed by atoms with Crippen molar-refractivity contribution in [2.75, 3.05) is 5.32 Å². The van der Waals surface area contributed by atoms with E-state index in [4.69, 9.17) is 4.74 Å². The lowest BCUT2D eigenvalue weighted by Crippen LogP contribution is -2.45. The average Bonchev–Trinajstić information content (AvgIpc) is 2.51. The molecule has 6 nitrogen and oxygen atoms in total. The number of amides is 1. The fourth-order valence-electron chi connectivity index (χ4n) is 2.23. The molecule has 0 fully saturated rings. The molecule has 0 aliphatic rings. The maximum Gasteiger partial charge on any atom is 0.471 e. The number of hydrogen-bond acceptors (Lipinski definition) is 5. The van der Waals surface area contributed by atoms with Crippen LogP contribution in [0.2, 0.25) is 0 Å². The third kappa shape index (κ3) is 5.29. The molecule has 1 aromatic carbocycles. The average molecular weight is 389 g/mol. The second-order valence-corrected chi connectivity index (χ2v) is 7.17. The van der Waals surface area contributed by atoms with Crippen molar-refractivity contribution in [1.29, 1.82) is 0 Å². The number of benzene rings is 1. The highest BCUT2D eigenvalue weighted by atomic mass is 19.4. The lowest BCUT2D eigenvalue weighted by Gasteiger charge is -2.31. The van der Waals surface area contributed by atoms with Crippen LogP contribution in [-0.2, 0) is 31.1 Å². The fourth-order valence-corrected chi connectivity index (χ4v) is 2.23. The third-order valence-electron chi connectivity index (χ3n) is 3.82. The summed E-state index contributed by atoms with van der Waals surface area (Å²) in [6.07, 6.45) is -5.16. The summed E-state index contributed by atoms with van der Waals surface area (Å²) < 4.78 is 43.2. The van der Waals surface area contributed by atoms with E-state index in [1.54, 1.807) is 26.1 Å². The molecule has 0 saturated heterocycles. The molecular formula is C18H22F3NO5. The number of Topliss-reactive ketones (excluding diaryl/α,β-unsaturated/α-hetero) is 1. The van der Waals surface area contributed by atoms with Crippen LogP contribution in [0.3, 0.4) is 0 Å². The molecule has 0 spiro atoms. The van der Waals surface area contributed by atoms with Crippen molar-refractivity contribution in [3.63, 3.8) is 0 Å². The van der Waals surface area contributed by atoms with Gasteiger partial charge in [-0.25, -0.2) is 0 Å². The Morgan fingerprint density at radius 3 is 2.07 bits per heavy atom. The predicted octanol–water partition coefficient (Wildman–Crippen LogP) is 2.87. The van der Waals surface area contributed by atoms with Crippen LogP contribution in [0, 0.1) is 0 Å². The maximum atomic E-state index is 12.7. The second kappa shape index (κ2) is 7.67. The molecule has 2 N–H and O–H groups in total. The van der Waals surface area contributed by atoms with Crippen molar-refractivity contribution in [2.45, 2.75) is 58.4 Å². The predicted molar refractivity (Wildman–Crippen MR) is 90.9 cm³/mol. The van der Waals surface area contributed by atoms with Crippen LogP contribution in [0.25, 0.3) is 0 Å². The number of ketones is 1. The molecule has 150 valence electrons. The highest BCUT2D eigenvalue weighted by Gasteiger charge is 2.46. The Morgan fingerprint density at radius 1 is 1.11 bits per heavy atom. The monoisotopic (exact) mass is 389 g/mol. The first kappa shape index (κ1) is 22.6. The third-order valence-corrected chi connectivity index (χ3v) is 3.82. The van der Waals surface area contributed by atoms with Crippen LogP contribution in [0.4, 0.5) is 18.9 Å². The number of ether oxygens (including phenoxy) is 1. The highest BCUT2D eigenvalue weighted by Crippen LogP contribution is 2.35. The molecular weight excluding hydrogens is 367 g/mol. The number of carbonyl (C=O) groups is 3. The van der Waals surface area contributed by atoms with E-state index in [2.05, 4.69) is 0 Å². The van der Waals surface area contributed by atoms with Crippen molar-refractivity contribution in [2.24, 2.45) is 0 Å². The van der Waals surface area contributed by atoms with Gasteiger partial charge in [-0.3, -0.25) is 14.4 Å². The van der Waals surface area contributed by atoms with Crippen LogP contribution in [0.15, 0.2) is 18.2 Å². The smallest absolute Gasteiger partial charge is 0.459 e. The Kier molecular flexibility index (Phi) is 6.43. The van der Waals surface area contributed by atoms with Gasteiger partial charge in [0.1, 0.15) is 11.0 Å². The van der Waals surface area contributed by atoms with Gasteiger partial charge in [0.2, 0.25) is 0 Å². The molecule has 1 amide bonds. The van der Waals surface area contributed by atoms with Crippen molar-refractivity contribution < 1.29 is 37.4 Å². The second-order valence-electron chi connectivity index (χ2n) is 7.17. The molecule has 27 heavy (non-hydrogen) atoms. The summed E-state index contributed by atoms with van der Waals surface area (Å²) in [5, 5.41) is 11.0. The Bertz CT molecular complexity index is 752. The van der Waals surface area contributed by atoms with Gasteiger partial charge in [0.15, 0.2) is 5.78 Å². The van der Waals surface area contributed by atoms with Crippen molar-refractivity contribution in [1.82, 2.24) is 0 Å². The maximum absolute atomic E-state index is 12.7. The first-order valence-electron chi connectivity index (χ1n) is 8.00. The Morgan fingerprint density at radius 2 is 1.67 bits per heavy atom. The fraction of sp³-hybridized carbons (Fsp3) is 0.500. The number of alkyl halides is 3. The Hall–Kier alpha value is -2.42. The van der Waals surface area contributed by atoms with Crippen molar-refractivity contribution >= 4 is 23.3 Å². The van der Waals surface area contributed by atoms with Gasteiger partial charge in [0.05, 0.1) is 6.61 Å². The van der Waals surface area contributed by atoms with E-state index >= 15 is 0 Å². The van der Waals surface area contributed by atoms with Gasteiger partial charge in [-0.2, -0.15) is 13.2 Å². The van der Waals surface area contributed by atoms with E-state index in [9.17, 15) is 32.7 Å². The van der Waals surface area contributed by atoms with E-state index in [0.29, 0.717) is 0 Å². The number of carbonyl (C=O) groups excluding carboxylic acids is 3. The summed E-state index contributed by atoms with van der Waals surface area (Å²) in [6.45, 7) is 6.52. The molecule has 0 aromatic heterocycles. The lowest BCUT2D eigenvalue weighted by molar-refractivity contribution is -0.167. The normalized spacial score (nSPS) is 14.3. The van der Waals surface area contributed by atoms with Gasteiger partial charge in [0, 0.05) is 11.3 Å². The molecule has 1 rings (SSSR count). The number of hydrogen-bond donors (Lipinski definition) is 2. The Balaban J connectivity index is 3.58. The quantitative estimate of drug-likeness (QED) is 0.597. The molecule has 0 aliphatic carbocycles. The minimum Gasteiger partial charge on any atom is -0.459 e. The number of esters is 1.